The monoisotopic (exact) mass is 209 g/mol. The van der Waals surface area contributed by atoms with Gasteiger partial charge in [0.2, 0.25) is 0 Å². The predicted molar refractivity (Wildman–Crippen MR) is 44.3 cm³/mol. The summed E-state index contributed by atoms with van der Waals surface area (Å²) in [6.45, 7) is 2.23. The molecule has 12 heavy (non-hydrogen) atoms. The van der Waals surface area contributed by atoms with Crippen LogP contribution in [0.5, 0.6) is 0 Å². The van der Waals surface area contributed by atoms with Crippen LogP contribution >= 0.6 is 11.6 Å². The summed E-state index contributed by atoms with van der Waals surface area (Å²) in [5.41, 5.74) is 0. The van der Waals surface area contributed by atoms with Crippen LogP contribution in [0.25, 0.3) is 0 Å². The standard InChI is InChI=1S/C5H8ClN3O2S/c1-2-9-3-8-4(6)5(9)12(7,10)11/h3H,2H2,1H3,(H2,7,10,11). The van der Waals surface area contributed by atoms with Crippen LogP contribution in [0.1, 0.15) is 6.92 Å². The van der Waals surface area contributed by atoms with Gasteiger partial charge in [-0.05, 0) is 6.92 Å². The third-order valence-corrected chi connectivity index (χ3v) is 2.71. The van der Waals surface area contributed by atoms with Crippen molar-refractivity contribution < 1.29 is 8.42 Å². The van der Waals surface area contributed by atoms with Crippen molar-refractivity contribution in [3.63, 3.8) is 0 Å². The summed E-state index contributed by atoms with van der Waals surface area (Å²) in [4.78, 5) is 3.62. The highest BCUT2D eigenvalue weighted by Gasteiger charge is 2.18. The number of nitrogens with zero attached hydrogens (tertiary/aromatic N) is 2. The van der Waals surface area contributed by atoms with Crippen LogP contribution in [0.2, 0.25) is 5.15 Å². The van der Waals surface area contributed by atoms with Crippen molar-refractivity contribution in [1.29, 1.82) is 0 Å². The largest absolute Gasteiger partial charge is 0.320 e. The highest BCUT2D eigenvalue weighted by molar-refractivity contribution is 7.89. The SMILES string of the molecule is CCn1cnc(Cl)c1S(N)(=O)=O. The number of primary sulfonamides is 1. The molecule has 1 heterocycles. The summed E-state index contributed by atoms with van der Waals surface area (Å²) >= 11 is 5.52. The Bertz CT molecular complexity index is 383. The predicted octanol–water partition coefficient (Wildman–Crippen LogP) is 0.204. The van der Waals surface area contributed by atoms with Crippen LogP contribution in [0.3, 0.4) is 0 Å². The maximum atomic E-state index is 10.9. The molecule has 0 aliphatic heterocycles. The lowest BCUT2D eigenvalue weighted by Gasteiger charge is -2.01. The van der Waals surface area contributed by atoms with Gasteiger partial charge in [0.15, 0.2) is 10.2 Å². The van der Waals surface area contributed by atoms with E-state index in [1.165, 1.54) is 10.9 Å². The molecule has 0 atom stereocenters. The van der Waals surface area contributed by atoms with Crippen molar-refractivity contribution in [3.8, 4) is 0 Å². The van der Waals surface area contributed by atoms with Crippen LogP contribution in [0, 0.1) is 0 Å². The fourth-order valence-electron chi connectivity index (χ4n) is 0.853. The lowest BCUT2D eigenvalue weighted by molar-refractivity contribution is 0.579. The summed E-state index contributed by atoms with van der Waals surface area (Å²) in [5.74, 6) is 0. The van der Waals surface area contributed by atoms with Crippen molar-refractivity contribution in [1.82, 2.24) is 9.55 Å². The van der Waals surface area contributed by atoms with Gasteiger partial charge in [-0.1, -0.05) is 11.6 Å². The van der Waals surface area contributed by atoms with Gasteiger partial charge in [-0.3, -0.25) is 0 Å². The first kappa shape index (κ1) is 9.50. The zero-order valence-electron chi connectivity index (χ0n) is 6.36. The molecule has 0 unspecified atom stereocenters. The minimum atomic E-state index is -3.76. The Kier molecular flexibility index (Phi) is 2.41. The molecule has 0 aromatic carbocycles. The van der Waals surface area contributed by atoms with Gasteiger partial charge in [-0.15, -0.1) is 0 Å². The minimum Gasteiger partial charge on any atom is -0.320 e. The lowest BCUT2D eigenvalue weighted by atomic mass is 10.7. The van der Waals surface area contributed by atoms with E-state index in [1.54, 1.807) is 6.92 Å². The Labute approximate surface area is 75.2 Å². The van der Waals surface area contributed by atoms with Crippen molar-refractivity contribution in [3.05, 3.63) is 11.5 Å². The molecule has 0 bridgehead atoms. The number of sulfonamides is 1. The van der Waals surface area contributed by atoms with Crippen molar-refractivity contribution >= 4 is 21.6 Å². The summed E-state index contributed by atoms with van der Waals surface area (Å²) in [6, 6.07) is 0. The molecule has 0 radical (unpaired) electrons. The number of rotatable bonds is 2. The van der Waals surface area contributed by atoms with Crippen LogP contribution in [0.4, 0.5) is 0 Å². The molecule has 0 fully saturated rings. The lowest BCUT2D eigenvalue weighted by Crippen LogP contribution is -2.17. The van der Waals surface area contributed by atoms with E-state index in [-0.39, 0.29) is 10.2 Å². The molecule has 0 amide bonds. The van der Waals surface area contributed by atoms with Crippen LogP contribution in [0.15, 0.2) is 11.4 Å². The second-order valence-corrected chi connectivity index (χ2v) is 4.01. The van der Waals surface area contributed by atoms with E-state index in [2.05, 4.69) is 4.98 Å². The highest BCUT2D eigenvalue weighted by atomic mass is 35.5. The van der Waals surface area contributed by atoms with E-state index < -0.39 is 10.0 Å². The van der Waals surface area contributed by atoms with E-state index in [4.69, 9.17) is 16.7 Å². The number of nitrogens with two attached hydrogens (primary N) is 1. The second kappa shape index (κ2) is 3.04. The van der Waals surface area contributed by atoms with Gasteiger partial charge >= 0.3 is 0 Å². The molecule has 68 valence electrons. The topological polar surface area (TPSA) is 78.0 Å². The Morgan fingerprint density at radius 1 is 1.75 bits per heavy atom. The Balaban J connectivity index is 3.39. The van der Waals surface area contributed by atoms with Gasteiger partial charge in [0.25, 0.3) is 10.0 Å². The molecule has 1 aromatic heterocycles. The van der Waals surface area contributed by atoms with E-state index in [0.717, 1.165) is 0 Å². The van der Waals surface area contributed by atoms with Gasteiger partial charge in [0.1, 0.15) is 0 Å². The number of imidazole rings is 1. The number of hydrogen-bond acceptors (Lipinski definition) is 3. The Hall–Kier alpha value is -0.590. The van der Waals surface area contributed by atoms with Gasteiger partial charge in [-0.2, -0.15) is 0 Å². The summed E-state index contributed by atoms with van der Waals surface area (Å²) in [6.07, 6.45) is 1.34. The molecule has 0 spiro atoms. The zero-order valence-corrected chi connectivity index (χ0v) is 7.93. The van der Waals surface area contributed by atoms with Crippen molar-refractivity contribution in [2.24, 2.45) is 5.14 Å². The molecule has 0 aliphatic rings. The third-order valence-electron chi connectivity index (χ3n) is 1.36. The molecule has 1 rings (SSSR count). The molecule has 0 saturated carbocycles. The van der Waals surface area contributed by atoms with Gasteiger partial charge in [0.05, 0.1) is 6.33 Å². The van der Waals surface area contributed by atoms with Crippen molar-refractivity contribution in [2.75, 3.05) is 0 Å². The molecule has 0 aliphatic carbocycles. The Morgan fingerprint density at radius 3 is 2.67 bits per heavy atom. The van der Waals surface area contributed by atoms with Crippen LogP contribution < -0.4 is 5.14 Å². The second-order valence-electron chi connectivity index (χ2n) is 2.17. The first-order chi connectivity index (χ1) is 5.46. The summed E-state index contributed by atoms with van der Waals surface area (Å²) in [7, 11) is -3.76. The minimum absolute atomic E-state index is 0.0839. The molecule has 1 aromatic rings. The highest BCUT2D eigenvalue weighted by Crippen LogP contribution is 2.17. The number of aromatic nitrogens is 2. The average molecular weight is 210 g/mol. The Morgan fingerprint density at radius 2 is 2.33 bits per heavy atom. The smallest absolute Gasteiger partial charge is 0.256 e. The molecule has 7 heteroatoms. The van der Waals surface area contributed by atoms with E-state index in [9.17, 15) is 8.42 Å². The molecular weight excluding hydrogens is 202 g/mol. The van der Waals surface area contributed by atoms with Crippen LogP contribution in [-0.4, -0.2) is 18.0 Å². The normalized spacial score (nSPS) is 11.9. The van der Waals surface area contributed by atoms with E-state index in [1.807, 2.05) is 0 Å². The van der Waals surface area contributed by atoms with E-state index in [0.29, 0.717) is 6.54 Å². The molecule has 2 N–H and O–H groups in total. The van der Waals surface area contributed by atoms with Gasteiger partial charge in [0, 0.05) is 6.54 Å². The average Bonchev–Trinajstić information content (AvgIpc) is 2.29. The number of hydrogen-bond donors (Lipinski definition) is 1. The maximum absolute atomic E-state index is 10.9. The maximum Gasteiger partial charge on any atom is 0.256 e. The van der Waals surface area contributed by atoms with Gasteiger partial charge in [-0.25, -0.2) is 18.5 Å². The fraction of sp³-hybridized carbons (Fsp3) is 0.400. The summed E-state index contributed by atoms with van der Waals surface area (Å²) in [5, 5.41) is 4.69. The number of halogens is 1. The van der Waals surface area contributed by atoms with Gasteiger partial charge < -0.3 is 4.57 Å². The number of aryl methyl sites for hydroxylation is 1. The van der Waals surface area contributed by atoms with Crippen molar-refractivity contribution in [2.45, 2.75) is 18.5 Å². The third kappa shape index (κ3) is 1.60. The first-order valence-corrected chi connectivity index (χ1v) is 5.12. The molecule has 5 nitrogen and oxygen atoms in total. The molecule has 0 saturated heterocycles. The zero-order chi connectivity index (χ0) is 9.35. The summed E-state index contributed by atoms with van der Waals surface area (Å²) < 4.78 is 23.2. The molecular formula is C5H8ClN3O2S. The van der Waals surface area contributed by atoms with Crippen LogP contribution in [-0.2, 0) is 16.6 Å². The first-order valence-electron chi connectivity index (χ1n) is 3.20. The fourth-order valence-corrected chi connectivity index (χ4v) is 2.12. The quantitative estimate of drug-likeness (QED) is 0.756. The van der Waals surface area contributed by atoms with E-state index >= 15 is 0 Å².